The van der Waals surface area contributed by atoms with Gasteiger partial charge in [0.05, 0.1) is 15.8 Å². The molecule has 8 heteroatoms. The fourth-order valence-electron chi connectivity index (χ4n) is 2.18. The average Bonchev–Trinajstić information content (AvgIpc) is 2.82. The maximum atomic E-state index is 13.0. The summed E-state index contributed by atoms with van der Waals surface area (Å²) in [6.45, 7) is 1.69. The first-order valence-corrected chi connectivity index (χ1v) is 9.37. The molecular weight excluding hydrogens is 351 g/mol. The molecule has 1 atom stereocenters. The molecule has 2 aromatic carbocycles. The molecule has 124 valence electrons. The molecule has 1 aliphatic rings. The van der Waals surface area contributed by atoms with Crippen LogP contribution in [0.3, 0.4) is 0 Å². The van der Waals surface area contributed by atoms with E-state index in [9.17, 15) is 17.6 Å². The van der Waals surface area contributed by atoms with E-state index in [1.165, 1.54) is 4.90 Å². The van der Waals surface area contributed by atoms with E-state index in [0.29, 0.717) is 5.69 Å². The highest BCUT2D eigenvalue weighted by Crippen LogP contribution is 2.32. The van der Waals surface area contributed by atoms with E-state index in [-0.39, 0.29) is 16.0 Å². The molecule has 0 N–H and O–H groups in total. The third-order valence-corrected chi connectivity index (χ3v) is 5.80. The van der Waals surface area contributed by atoms with Crippen molar-refractivity contribution >= 4 is 38.5 Å². The number of hydrogen-bond acceptors (Lipinski definition) is 4. The molecule has 1 unspecified atom stereocenters. The van der Waals surface area contributed by atoms with Crippen LogP contribution in [-0.4, -0.2) is 24.7 Å². The molecule has 0 spiro atoms. The number of hydrogen-bond donors (Lipinski definition) is 0. The second kappa shape index (κ2) is 6.37. The van der Waals surface area contributed by atoms with Crippen LogP contribution >= 0.6 is 11.8 Å². The van der Waals surface area contributed by atoms with Crippen molar-refractivity contribution in [2.75, 3.05) is 4.90 Å². The smallest absolute Gasteiger partial charge is 0.273 e. The Morgan fingerprint density at radius 3 is 2.33 bits per heavy atom. The molecule has 2 aromatic rings. The molecule has 1 heterocycles. The molecule has 1 aliphatic heterocycles. The molecule has 3 rings (SSSR count). The highest BCUT2D eigenvalue weighted by molar-refractivity contribution is 8.16. The number of carbonyl (C=O) groups excluding carboxylic acids is 1. The zero-order chi connectivity index (χ0) is 17.3. The number of para-hydroxylation sites is 1. The molecule has 24 heavy (non-hydrogen) atoms. The zero-order valence-corrected chi connectivity index (χ0v) is 14.2. The van der Waals surface area contributed by atoms with Crippen LogP contribution in [0.5, 0.6) is 0 Å². The van der Waals surface area contributed by atoms with Gasteiger partial charge in [0, 0.05) is 0 Å². The van der Waals surface area contributed by atoms with Gasteiger partial charge < -0.3 is 0 Å². The first-order valence-electron chi connectivity index (χ1n) is 7.05. The summed E-state index contributed by atoms with van der Waals surface area (Å²) in [7, 11) is -4.04. The molecule has 0 radical (unpaired) electrons. The quantitative estimate of drug-likeness (QED) is 0.840. The van der Waals surface area contributed by atoms with Gasteiger partial charge in [-0.05, 0) is 43.3 Å². The average molecular weight is 364 g/mol. The lowest BCUT2D eigenvalue weighted by Gasteiger charge is -2.15. The number of benzene rings is 2. The van der Waals surface area contributed by atoms with Crippen molar-refractivity contribution in [1.29, 1.82) is 0 Å². The van der Waals surface area contributed by atoms with Crippen molar-refractivity contribution in [3.05, 3.63) is 60.4 Å². The summed E-state index contributed by atoms with van der Waals surface area (Å²) in [6, 6.07) is 13.1. The molecule has 0 aromatic heterocycles. The first kappa shape index (κ1) is 16.7. The number of rotatable bonds is 3. The van der Waals surface area contributed by atoms with Gasteiger partial charge in [0.25, 0.3) is 10.0 Å². The predicted octanol–water partition coefficient (Wildman–Crippen LogP) is 3.04. The minimum atomic E-state index is -4.04. The number of sulfonamides is 1. The van der Waals surface area contributed by atoms with Gasteiger partial charge in [-0.1, -0.05) is 30.0 Å². The molecule has 1 saturated heterocycles. The fourth-order valence-corrected chi connectivity index (χ4v) is 4.34. The van der Waals surface area contributed by atoms with Crippen molar-refractivity contribution in [2.45, 2.75) is 17.1 Å². The Morgan fingerprint density at radius 2 is 1.71 bits per heavy atom. The Balaban J connectivity index is 2.04. The maximum Gasteiger partial charge on any atom is 0.284 e. The van der Waals surface area contributed by atoms with Crippen LogP contribution in [0.1, 0.15) is 6.92 Å². The van der Waals surface area contributed by atoms with E-state index in [4.69, 9.17) is 0 Å². The fraction of sp³-hybridized carbons (Fsp3) is 0.125. The van der Waals surface area contributed by atoms with E-state index < -0.39 is 21.1 Å². The van der Waals surface area contributed by atoms with Crippen molar-refractivity contribution < 1.29 is 17.6 Å². The summed E-state index contributed by atoms with van der Waals surface area (Å²) in [6.07, 6.45) is 0. The SMILES string of the molecule is CC1S/C(=N/S(=O)(=O)c2ccc(F)cc2)N(c2ccccc2)C1=O. The number of amides is 1. The van der Waals surface area contributed by atoms with Gasteiger partial charge in [0.1, 0.15) is 5.82 Å². The van der Waals surface area contributed by atoms with Gasteiger partial charge in [-0.25, -0.2) is 4.39 Å². The normalized spacial score (nSPS) is 19.9. The maximum absolute atomic E-state index is 13.0. The third kappa shape index (κ3) is 3.20. The number of carbonyl (C=O) groups is 1. The Kier molecular flexibility index (Phi) is 4.42. The van der Waals surface area contributed by atoms with Crippen LogP contribution in [0.15, 0.2) is 63.9 Å². The van der Waals surface area contributed by atoms with Crippen molar-refractivity contribution in [1.82, 2.24) is 0 Å². The van der Waals surface area contributed by atoms with Gasteiger partial charge in [-0.2, -0.15) is 8.42 Å². The van der Waals surface area contributed by atoms with Crippen molar-refractivity contribution in [3.8, 4) is 0 Å². The van der Waals surface area contributed by atoms with Gasteiger partial charge >= 0.3 is 0 Å². The molecule has 5 nitrogen and oxygen atoms in total. The van der Waals surface area contributed by atoms with Crippen LogP contribution in [0.4, 0.5) is 10.1 Å². The Morgan fingerprint density at radius 1 is 1.08 bits per heavy atom. The van der Waals surface area contributed by atoms with Crippen LogP contribution in [0.25, 0.3) is 0 Å². The highest BCUT2D eigenvalue weighted by atomic mass is 32.2. The van der Waals surface area contributed by atoms with Crippen molar-refractivity contribution in [3.63, 3.8) is 0 Å². The lowest BCUT2D eigenvalue weighted by molar-refractivity contribution is -0.116. The largest absolute Gasteiger partial charge is 0.284 e. The minimum absolute atomic E-state index is 0.0861. The van der Waals surface area contributed by atoms with Gasteiger partial charge in [-0.15, -0.1) is 4.40 Å². The Labute approximate surface area is 143 Å². The van der Waals surface area contributed by atoms with Gasteiger partial charge in [0.15, 0.2) is 5.17 Å². The zero-order valence-electron chi connectivity index (χ0n) is 12.6. The summed E-state index contributed by atoms with van der Waals surface area (Å²) < 4.78 is 41.6. The predicted molar refractivity (Wildman–Crippen MR) is 92.0 cm³/mol. The van der Waals surface area contributed by atoms with Gasteiger partial charge in [-0.3, -0.25) is 9.69 Å². The van der Waals surface area contributed by atoms with E-state index >= 15 is 0 Å². The first-order chi connectivity index (χ1) is 11.4. The minimum Gasteiger partial charge on any atom is -0.273 e. The molecule has 0 bridgehead atoms. The number of nitrogens with zero attached hydrogens (tertiary/aromatic N) is 2. The molecule has 1 fully saturated rings. The third-order valence-electron chi connectivity index (χ3n) is 3.37. The summed E-state index contributed by atoms with van der Waals surface area (Å²) in [5.74, 6) is -0.772. The number of halogens is 1. The second-order valence-corrected chi connectivity index (χ2v) is 7.98. The molecule has 0 aliphatic carbocycles. The van der Waals surface area contributed by atoms with Crippen LogP contribution in [-0.2, 0) is 14.8 Å². The second-order valence-electron chi connectivity index (χ2n) is 5.07. The Hall–Kier alpha value is -2.19. The monoisotopic (exact) mass is 364 g/mol. The van der Waals surface area contributed by atoms with Crippen LogP contribution in [0, 0.1) is 5.82 Å². The number of thioether (sulfide) groups is 1. The van der Waals surface area contributed by atoms with Crippen LogP contribution < -0.4 is 4.90 Å². The molecular formula is C16H13FN2O3S2. The van der Waals surface area contributed by atoms with Crippen molar-refractivity contribution in [2.24, 2.45) is 4.40 Å². The summed E-state index contributed by atoms with van der Waals surface area (Å²) in [5, 5.41) is -0.351. The molecule has 1 amide bonds. The number of amidine groups is 1. The van der Waals surface area contributed by atoms with E-state index in [1.54, 1.807) is 37.3 Å². The Bertz CT molecular complexity index is 897. The van der Waals surface area contributed by atoms with E-state index in [2.05, 4.69) is 4.40 Å². The topological polar surface area (TPSA) is 66.8 Å². The lowest BCUT2D eigenvalue weighted by Crippen LogP contribution is -2.31. The van der Waals surface area contributed by atoms with Gasteiger partial charge in [0.2, 0.25) is 5.91 Å². The highest BCUT2D eigenvalue weighted by Gasteiger charge is 2.37. The van der Waals surface area contributed by atoms with E-state index in [0.717, 1.165) is 36.0 Å². The summed E-state index contributed by atoms with van der Waals surface area (Å²) in [5.41, 5.74) is 0.549. The molecule has 0 saturated carbocycles. The number of anilines is 1. The summed E-state index contributed by atoms with van der Waals surface area (Å²) in [4.78, 5) is 13.5. The van der Waals surface area contributed by atoms with Crippen LogP contribution in [0.2, 0.25) is 0 Å². The lowest BCUT2D eigenvalue weighted by atomic mass is 10.3. The van der Waals surface area contributed by atoms with E-state index in [1.807, 2.05) is 0 Å². The standard InChI is InChI=1S/C16H13FN2O3S2/c1-11-15(20)19(13-5-3-2-4-6-13)16(23-11)18-24(21,22)14-9-7-12(17)8-10-14/h2-11H,1H3/b18-16+. The summed E-state index contributed by atoms with van der Waals surface area (Å²) >= 11 is 1.07.